The van der Waals surface area contributed by atoms with Crippen molar-refractivity contribution in [1.82, 2.24) is 4.57 Å². The molecule has 0 aliphatic heterocycles. The second-order valence-electron chi connectivity index (χ2n) is 6.59. The minimum atomic E-state index is -0.278. The number of rotatable bonds is 6. The van der Waals surface area contributed by atoms with Crippen molar-refractivity contribution in [3.63, 3.8) is 0 Å². The van der Waals surface area contributed by atoms with Crippen LogP contribution < -0.4 is 0 Å². The van der Waals surface area contributed by atoms with E-state index in [1.54, 1.807) is 0 Å². The van der Waals surface area contributed by atoms with Gasteiger partial charge in [0, 0.05) is 29.4 Å². The Kier molecular flexibility index (Phi) is 6.20. The number of esters is 1. The molecule has 0 saturated carbocycles. The van der Waals surface area contributed by atoms with E-state index in [4.69, 9.17) is 10.1 Å². The van der Waals surface area contributed by atoms with E-state index in [0.29, 0.717) is 17.9 Å². The van der Waals surface area contributed by atoms with Crippen LogP contribution in [0.4, 0.5) is 0 Å². The molecule has 0 amide bonds. The van der Waals surface area contributed by atoms with Gasteiger partial charge in [-0.3, -0.25) is 0 Å². The summed E-state index contributed by atoms with van der Waals surface area (Å²) in [5.41, 5.74) is 6.59. The molecular weight excluding hydrogens is 344 g/mol. The van der Waals surface area contributed by atoms with Crippen molar-refractivity contribution in [2.24, 2.45) is 7.05 Å². The maximum absolute atomic E-state index is 12.6. The summed E-state index contributed by atoms with van der Waals surface area (Å²) in [6.45, 7) is 2.18. The van der Waals surface area contributed by atoms with E-state index in [0.717, 1.165) is 29.4 Å². The molecular formula is C21H26N2O2S. The van der Waals surface area contributed by atoms with Crippen molar-refractivity contribution < 1.29 is 9.53 Å². The van der Waals surface area contributed by atoms with Crippen molar-refractivity contribution in [3.05, 3.63) is 41.1 Å². The van der Waals surface area contributed by atoms with Gasteiger partial charge in [0.05, 0.1) is 17.7 Å². The minimum absolute atomic E-state index is 0.278. The second kappa shape index (κ2) is 8.58. The molecule has 0 bridgehead atoms. The van der Waals surface area contributed by atoms with E-state index in [9.17, 15) is 4.79 Å². The van der Waals surface area contributed by atoms with E-state index < -0.39 is 0 Å². The molecule has 1 aromatic carbocycles. The van der Waals surface area contributed by atoms with Gasteiger partial charge in [0.2, 0.25) is 0 Å². The van der Waals surface area contributed by atoms with Crippen LogP contribution in [0.25, 0.3) is 16.5 Å². The predicted octanol–water partition coefficient (Wildman–Crippen LogP) is 5.54. The van der Waals surface area contributed by atoms with Crippen molar-refractivity contribution >= 4 is 39.8 Å². The molecule has 3 rings (SSSR count). The fraction of sp³-hybridized carbons (Fsp3) is 0.429. The fourth-order valence-corrected chi connectivity index (χ4v) is 4.27. The number of hydrogen-bond acceptors (Lipinski definition) is 4. The molecule has 2 aromatic rings. The van der Waals surface area contributed by atoms with Crippen LogP contribution in [0.15, 0.2) is 24.3 Å². The van der Waals surface area contributed by atoms with Gasteiger partial charge in [-0.2, -0.15) is 0 Å². The first kappa shape index (κ1) is 18.8. The van der Waals surface area contributed by atoms with Crippen LogP contribution in [0, 0.1) is 5.41 Å². The molecule has 0 fully saturated rings. The highest BCUT2D eigenvalue weighted by molar-refractivity contribution is 8.11. The first-order valence-corrected chi connectivity index (χ1v) is 10.3. The average Bonchev–Trinajstić information content (AvgIpc) is 2.82. The van der Waals surface area contributed by atoms with Gasteiger partial charge < -0.3 is 14.7 Å². The number of hydrogen-bond donors (Lipinski definition) is 1. The number of aromatic nitrogens is 1. The van der Waals surface area contributed by atoms with Gasteiger partial charge in [-0.15, -0.1) is 11.8 Å². The Hall–Kier alpha value is -2.01. The lowest BCUT2D eigenvalue weighted by Crippen LogP contribution is -2.08. The highest BCUT2D eigenvalue weighted by atomic mass is 32.2. The molecule has 4 nitrogen and oxygen atoms in total. The number of ether oxygens (including phenoxy) is 1. The normalized spacial score (nSPS) is 14.8. The van der Waals surface area contributed by atoms with E-state index in [1.807, 2.05) is 14.0 Å². The quantitative estimate of drug-likeness (QED) is 0.412. The molecule has 1 N–H and O–H groups in total. The number of aryl methyl sites for hydroxylation is 1. The molecule has 0 radical (unpaired) electrons. The number of nitrogens with one attached hydrogen (secondary N) is 1. The molecule has 0 spiro atoms. The molecule has 0 unspecified atom stereocenters. The zero-order valence-corrected chi connectivity index (χ0v) is 16.3. The summed E-state index contributed by atoms with van der Waals surface area (Å²) < 4.78 is 7.39. The summed E-state index contributed by atoms with van der Waals surface area (Å²) in [5, 5.41) is 8.24. The van der Waals surface area contributed by atoms with Crippen LogP contribution in [-0.2, 0) is 17.5 Å². The Balaban J connectivity index is 2.11. The lowest BCUT2D eigenvalue weighted by Gasteiger charge is -2.07. The number of benzene rings is 1. The lowest BCUT2D eigenvalue weighted by molar-refractivity contribution is 0.0527. The molecule has 1 heterocycles. The van der Waals surface area contributed by atoms with E-state index in [2.05, 4.69) is 28.8 Å². The second-order valence-corrected chi connectivity index (χ2v) is 7.45. The van der Waals surface area contributed by atoms with Crippen molar-refractivity contribution in [3.8, 4) is 0 Å². The van der Waals surface area contributed by atoms with E-state index >= 15 is 0 Å². The fourth-order valence-electron chi connectivity index (χ4n) is 3.69. The third-order valence-corrected chi connectivity index (χ3v) is 5.62. The maximum Gasteiger partial charge on any atom is 0.340 e. The van der Waals surface area contributed by atoms with Crippen LogP contribution in [0.3, 0.4) is 0 Å². The molecule has 5 heteroatoms. The largest absolute Gasteiger partial charge is 0.462 e. The monoisotopic (exact) mass is 370 g/mol. The molecule has 138 valence electrons. The third kappa shape index (κ3) is 3.73. The summed E-state index contributed by atoms with van der Waals surface area (Å²) in [7, 11) is 2.00. The van der Waals surface area contributed by atoms with Gasteiger partial charge in [0.15, 0.2) is 0 Å². The van der Waals surface area contributed by atoms with Crippen LogP contribution in [0.5, 0.6) is 0 Å². The predicted molar refractivity (Wildman–Crippen MR) is 110 cm³/mol. The number of carbonyl (C=O) groups excluding carboxylic acids is 1. The number of allylic oxidation sites excluding steroid dienone is 2. The first-order chi connectivity index (χ1) is 12.7. The number of carbonyl (C=O) groups is 1. The van der Waals surface area contributed by atoms with Gasteiger partial charge in [-0.25, -0.2) is 4.79 Å². The van der Waals surface area contributed by atoms with E-state index in [-0.39, 0.29) is 5.97 Å². The summed E-state index contributed by atoms with van der Waals surface area (Å²) >= 11 is 1.38. The van der Waals surface area contributed by atoms with E-state index in [1.165, 1.54) is 47.7 Å². The van der Waals surface area contributed by atoms with Gasteiger partial charge in [0.25, 0.3) is 0 Å². The zero-order valence-electron chi connectivity index (χ0n) is 15.5. The van der Waals surface area contributed by atoms with Crippen LogP contribution in [0.2, 0.25) is 0 Å². The summed E-state index contributed by atoms with van der Waals surface area (Å²) in [6.07, 6.45) is 8.45. The van der Waals surface area contributed by atoms with Gasteiger partial charge in [-0.1, -0.05) is 24.6 Å². The number of nitrogens with zero attached hydrogens (tertiary/aromatic N) is 1. The standard InChI is InChI=1S/C21H26N2O2S/c1-3-25-21(24)20-17-11-10-16(15-8-6-4-5-7-9-15)12-18(17)23(2)19(20)13-26-14-22/h8,10-12,14,22H,3-7,9,13H2,1-2H3. The molecule has 0 atom stereocenters. The molecule has 1 aliphatic rings. The minimum Gasteiger partial charge on any atom is -0.462 e. The van der Waals surface area contributed by atoms with Crippen LogP contribution in [0.1, 0.15) is 60.6 Å². The Morgan fingerprint density at radius 1 is 1.35 bits per heavy atom. The zero-order chi connectivity index (χ0) is 18.5. The highest BCUT2D eigenvalue weighted by Gasteiger charge is 2.22. The third-order valence-electron chi connectivity index (χ3n) is 5.02. The smallest absolute Gasteiger partial charge is 0.340 e. The van der Waals surface area contributed by atoms with Gasteiger partial charge in [0.1, 0.15) is 0 Å². The molecule has 0 saturated heterocycles. The highest BCUT2D eigenvalue weighted by Crippen LogP contribution is 2.33. The topological polar surface area (TPSA) is 55.1 Å². The molecule has 26 heavy (non-hydrogen) atoms. The Labute approximate surface area is 159 Å². The van der Waals surface area contributed by atoms with Crippen molar-refractivity contribution in [2.75, 3.05) is 6.61 Å². The number of fused-ring (bicyclic) bond motifs is 1. The van der Waals surface area contributed by atoms with Crippen molar-refractivity contribution in [2.45, 2.75) is 44.8 Å². The Morgan fingerprint density at radius 3 is 2.96 bits per heavy atom. The van der Waals surface area contributed by atoms with Gasteiger partial charge >= 0.3 is 5.97 Å². The Bertz CT molecular complexity index is 851. The number of thioether (sulfide) groups is 1. The first-order valence-electron chi connectivity index (χ1n) is 9.25. The SMILES string of the molecule is CCOC(=O)c1c(CSC=N)n(C)c2cc(C3=CCCCCC3)ccc12. The molecule has 1 aliphatic carbocycles. The lowest BCUT2D eigenvalue weighted by atomic mass is 9.99. The van der Waals surface area contributed by atoms with Gasteiger partial charge in [-0.05, 0) is 49.8 Å². The Morgan fingerprint density at radius 2 is 2.19 bits per heavy atom. The van der Waals surface area contributed by atoms with Crippen molar-refractivity contribution in [1.29, 1.82) is 5.41 Å². The summed E-state index contributed by atoms with van der Waals surface area (Å²) in [4.78, 5) is 12.6. The van der Waals surface area contributed by atoms with Crippen LogP contribution in [-0.4, -0.2) is 22.7 Å². The maximum atomic E-state index is 12.6. The van der Waals surface area contributed by atoms with Crippen LogP contribution >= 0.6 is 11.8 Å². The summed E-state index contributed by atoms with van der Waals surface area (Å²) in [6, 6.07) is 6.39. The average molecular weight is 371 g/mol. The summed E-state index contributed by atoms with van der Waals surface area (Å²) in [5.74, 6) is 0.307. The molecule has 1 aromatic heterocycles.